The van der Waals surface area contributed by atoms with Crippen LogP contribution in [0.3, 0.4) is 0 Å². The lowest BCUT2D eigenvalue weighted by atomic mass is 10.2. The maximum atomic E-state index is 10.8. The first-order chi connectivity index (χ1) is 7.63. The molecule has 16 heavy (non-hydrogen) atoms. The Morgan fingerprint density at radius 1 is 1.25 bits per heavy atom. The van der Waals surface area contributed by atoms with Gasteiger partial charge in [-0.1, -0.05) is 10.3 Å². The lowest BCUT2D eigenvalue weighted by Gasteiger charge is -2.00. The number of aldehydes is 1. The summed E-state index contributed by atoms with van der Waals surface area (Å²) in [5, 5.41) is 11.7. The van der Waals surface area contributed by atoms with Crippen LogP contribution in [0.1, 0.15) is 33.1 Å². The van der Waals surface area contributed by atoms with E-state index in [-0.39, 0.29) is 0 Å². The zero-order valence-corrected chi connectivity index (χ0v) is 9.39. The molecule has 0 N–H and O–H groups in total. The van der Waals surface area contributed by atoms with E-state index in [0.29, 0.717) is 12.1 Å². The Balaban J connectivity index is 2.36. The fourth-order valence-corrected chi connectivity index (χ4v) is 1.57. The molecular weight excluding hydrogens is 208 g/mol. The third-order valence-electron chi connectivity index (χ3n) is 2.60. The molecule has 0 aliphatic carbocycles. The van der Waals surface area contributed by atoms with Gasteiger partial charge in [0.2, 0.25) is 0 Å². The molecule has 0 aliphatic rings. The molecule has 0 bridgehead atoms. The molecule has 2 aromatic heterocycles. The fourth-order valence-electron chi connectivity index (χ4n) is 1.57. The lowest BCUT2D eigenvalue weighted by Crippen LogP contribution is -2.05. The van der Waals surface area contributed by atoms with Crippen molar-refractivity contribution in [1.29, 1.82) is 0 Å². The highest BCUT2D eigenvalue weighted by Gasteiger charge is 2.13. The molecule has 0 fully saturated rings. The molecule has 0 saturated carbocycles. The van der Waals surface area contributed by atoms with Crippen molar-refractivity contribution in [3.63, 3.8) is 0 Å². The van der Waals surface area contributed by atoms with Gasteiger partial charge in [0.15, 0.2) is 6.29 Å². The van der Waals surface area contributed by atoms with Crippen LogP contribution in [0.5, 0.6) is 0 Å². The minimum Gasteiger partial charge on any atom is -0.298 e. The summed E-state index contributed by atoms with van der Waals surface area (Å²) in [6.07, 6.45) is 0.821. The SMILES string of the molecule is Cc1nonc1Cn1nc(C)c(C=O)c1C. The highest BCUT2D eigenvalue weighted by atomic mass is 16.6. The van der Waals surface area contributed by atoms with Gasteiger partial charge >= 0.3 is 0 Å². The molecule has 84 valence electrons. The second-order valence-electron chi connectivity index (χ2n) is 3.66. The third-order valence-corrected chi connectivity index (χ3v) is 2.60. The monoisotopic (exact) mass is 220 g/mol. The van der Waals surface area contributed by atoms with Crippen molar-refractivity contribution in [1.82, 2.24) is 20.1 Å². The molecule has 0 saturated heterocycles. The minimum atomic E-state index is 0.468. The highest BCUT2D eigenvalue weighted by Crippen LogP contribution is 2.12. The van der Waals surface area contributed by atoms with Crippen LogP contribution < -0.4 is 0 Å². The first kappa shape index (κ1) is 10.5. The van der Waals surface area contributed by atoms with Gasteiger partial charge in [0.1, 0.15) is 11.4 Å². The average Bonchev–Trinajstić information content (AvgIpc) is 2.74. The van der Waals surface area contributed by atoms with Crippen molar-refractivity contribution in [2.45, 2.75) is 27.3 Å². The molecule has 0 atom stereocenters. The number of rotatable bonds is 3. The van der Waals surface area contributed by atoms with E-state index < -0.39 is 0 Å². The van der Waals surface area contributed by atoms with Crippen molar-refractivity contribution in [3.8, 4) is 0 Å². The van der Waals surface area contributed by atoms with Gasteiger partial charge in [0.25, 0.3) is 0 Å². The van der Waals surface area contributed by atoms with E-state index in [1.807, 2.05) is 13.8 Å². The van der Waals surface area contributed by atoms with Gasteiger partial charge < -0.3 is 0 Å². The number of carbonyl (C=O) groups excluding carboxylic acids is 1. The van der Waals surface area contributed by atoms with E-state index in [9.17, 15) is 4.79 Å². The number of hydrogen-bond donors (Lipinski definition) is 0. The van der Waals surface area contributed by atoms with Crippen LogP contribution in [-0.2, 0) is 6.54 Å². The molecular formula is C10H12N4O2. The van der Waals surface area contributed by atoms with Crippen LogP contribution in [0.15, 0.2) is 4.63 Å². The summed E-state index contributed by atoms with van der Waals surface area (Å²) in [7, 11) is 0. The van der Waals surface area contributed by atoms with Gasteiger partial charge in [-0.05, 0) is 20.8 Å². The van der Waals surface area contributed by atoms with Crippen molar-refractivity contribution in [2.75, 3.05) is 0 Å². The molecule has 2 aromatic rings. The summed E-state index contributed by atoms with van der Waals surface area (Å²) in [4.78, 5) is 10.8. The van der Waals surface area contributed by atoms with E-state index in [2.05, 4.69) is 20.0 Å². The van der Waals surface area contributed by atoms with Gasteiger partial charge in [-0.2, -0.15) is 5.10 Å². The Morgan fingerprint density at radius 3 is 2.50 bits per heavy atom. The largest absolute Gasteiger partial charge is 0.298 e. The molecule has 0 aliphatic heterocycles. The van der Waals surface area contributed by atoms with E-state index in [1.54, 1.807) is 11.6 Å². The van der Waals surface area contributed by atoms with E-state index in [4.69, 9.17) is 0 Å². The maximum absolute atomic E-state index is 10.8. The third kappa shape index (κ3) is 1.62. The van der Waals surface area contributed by atoms with Gasteiger partial charge in [-0.25, -0.2) is 4.63 Å². The van der Waals surface area contributed by atoms with Crippen molar-refractivity contribution < 1.29 is 9.42 Å². The minimum absolute atomic E-state index is 0.468. The zero-order chi connectivity index (χ0) is 11.7. The van der Waals surface area contributed by atoms with Gasteiger partial charge in [0, 0.05) is 5.69 Å². The van der Waals surface area contributed by atoms with Crippen LogP contribution in [0.4, 0.5) is 0 Å². The highest BCUT2D eigenvalue weighted by molar-refractivity contribution is 5.78. The topological polar surface area (TPSA) is 73.8 Å². The Kier molecular flexibility index (Phi) is 2.55. The Morgan fingerprint density at radius 2 is 2.00 bits per heavy atom. The number of carbonyl (C=O) groups is 1. The molecule has 6 heteroatoms. The standard InChI is InChI=1S/C10H12N4O2/c1-6-9(5-15)8(3)14(11-6)4-10-7(2)12-16-13-10/h5H,4H2,1-3H3. The fraction of sp³-hybridized carbons (Fsp3) is 0.400. The van der Waals surface area contributed by atoms with Crippen molar-refractivity contribution in [3.05, 3.63) is 28.3 Å². The van der Waals surface area contributed by atoms with Crippen molar-refractivity contribution in [2.24, 2.45) is 0 Å². The number of nitrogens with zero attached hydrogens (tertiary/aromatic N) is 4. The molecule has 0 amide bonds. The first-order valence-electron chi connectivity index (χ1n) is 4.90. The van der Waals surface area contributed by atoms with Gasteiger partial charge in [-0.3, -0.25) is 9.48 Å². The zero-order valence-electron chi connectivity index (χ0n) is 9.39. The molecule has 6 nitrogen and oxygen atoms in total. The predicted molar refractivity (Wildman–Crippen MR) is 55.2 cm³/mol. The predicted octanol–water partition coefficient (Wildman–Crippen LogP) is 1.05. The van der Waals surface area contributed by atoms with Crippen LogP contribution in [0.2, 0.25) is 0 Å². The Hall–Kier alpha value is -1.98. The van der Waals surface area contributed by atoms with Gasteiger partial charge in [-0.15, -0.1) is 0 Å². The summed E-state index contributed by atoms with van der Waals surface area (Å²) in [5.41, 5.74) is 3.65. The summed E-state index contributed by atoms with van der Waals surface area (Å²) in [6.45, 7) is 5.95. The summed E-state index contributed by atoms with van der Waals surface area (Å²) in [5.74, 6) is 0. The summed E-state index contributed by atoms with van der Waals surface area (Å²) >= 11 is 0. The number of aryl methyl sites for hydroxylation is 2. The van der Waals surface area contributed by atoms with Crippen LogP contribution >= 0.6 is 0 Å². The molecule has 0 unspecified atom stereocenters. The second-order valence-corrected chi connectivity index (χ2v) is 3.66. The van der Waals surface area contributed by atoms with Crippen molar-refractivity contribution >= 4 is 6.29 Å². The van der Waals surface area contributed by atoms with E-state index in [0.717, 1.165) is 29.1 Å². The molecule has 2 heterocycles. The summed E-state index contributed by atoms with van der Waals surface area (Å²) in [6, 6.07) is 0. The van der Waals surface area contributed by atoms with E-state index in [1.165, 1.54) is 0 Å². The first-order valence-corrected chi connectivity index (χ1v) is 4.90. The Labute approximate surface area is 92.2 Å². The Bertz CT molecular complexity index is 527. The quantitative estimate of drug-likeness (QED) is 0.723. The average molecular weight is 220 g/mol. The maximum Gasteiger partial charge on any atom is 0.153 e. The number of aromatic nitrogens is 4. The molecule has 0 spiro atoms. The molecule has 2 rings (SSSR count). The van der Waals surface area contributed by atoms with Crippen LogP contribution in [0, 0.1) is 20.8 Å². The normalized spacial score (nSPS) is 10.7. The van der Waals surface area contributed by atoms with Crippen LogP contribution in [-0.4, -0.2) is 26.4 Å². The second kappa shape index (κ2) is 3.88. The lowest BCUT2D eigenvalue weighted by molar-refractivity contribution is 0.112. The smallest absolute Gasteiger partial charge is 0.153 e. The van der Waals surface area contributed by atoms with Crippen LogP contribution in [0.25, 0.3) is 0 Å². The van der Waals surface area contributed by atoms with E-state index >= 15 is 0 Å². The van der Waals surface area contributed by atoms with Gasteiger partial charge in [0.05, 0.1) is 17.8 Å². The number of hydrogen-bond acceptors (Lipinski definition) is 5. The summed E-state index contributed by atoms with van der Waals surface area (Å²) < 4.78 is 6.34. The molecule has 0 aromatic carbocycles. The molecule has 0 radical (unpaired) electrons.